The molecule has 4 heteroatoms. The van der Waals surface area contributed by atoms with Crippen molar-refractivity contribution < 1.29 is 4.74 Å². The van der Waals surface area contributed by atoms with E-state index in [-0.39, 0.29) is 0 Å². The van der Waals surface area contributed by atoms with Crippen LogP contribution in [0.1, 0.15) is 12.8 Å². The number of nitrogens with zero attached hydrogens (tertiary/aromatic N) is 1. The fourth-order valence-electron chi connectivity index (χ4n) is 1.16. The van der Waals surface area contributed by atoms with E-state index in [0.29, 0.717) is 6.10 Å². The fourth-order valence-corrected chi connectivity index (χ4v) is 1.25. The molecule has 1 heterocycles. The normalized spacial score (nSPS) is 22.3. The molecular weight excluding hydrogens is 172 g/mol. The first-order chi connectivity index (χ1) is 5.70. The van der Waals surface area contributed by atoms with Gasteiger partial charge >= 0.3 is 0 Å². The zero-order chi connectivity index (χ0) is 8.97. The maximum absolute atomic E-state index is 5.44. The Morgan fingerprint density at radius 1 is 1.67 bits per heavy atom. The molecule has 1 rings (SSSR count). The van der Waals surface area contributed by atoms with E-state index in [2.05, 4.69) is 5.32 Å². The molecule has 0 bridgehead atoms. The highest BCUT2D eigenvalue weighted by atomic mass is 32.1. The zero-order valence-electron chi connectivity index (χ0n) is 7.67. The van der Waals surface area contributed by atoms with E-state index >= 15 is 0 Å². The van der Waals surface area contributed by atoms with Crippen molar-refractivity contribution in [3.8, 4) is 0 Å². The lowest BCUT2D eigenvalue weighted by Crippen LogP contribution is -2.38. The molecule has 12 heavy (non-hydrogen) atoms. The van der Waals surface area contributed by atoms with Gasteiger partial charge in [-0.05, 0) is 25.1 Å². The van der Waals surface area contributed by atoms with Crippen molar-refractivity contribution >= 4 is 17.3 Å². The number of nitrogens with one attached hydrogen (secondary N) is 1. The van der Waals surface area contributed by atoms with Crippen LogP contribution in [0.2, 0.25) is 0 Å². The second-order valence-electron chi connectivity index (χ2n) is 3.22. The van der Waals surface area contributed by atoms with E-state index in [0.717, 1.165) is 24.7 Å². The molecule has 0 aromatic rings. The highest BCUT2D eigenvalue weighted by molar-refractivity contribution is 7.80. The highest BCUT2D eigenvalue weighted by Crippen LogP contribution is 2.10. The van der Waals surface area contributed by atoms with Crippen molar-refractivity contribution in [2.24, 2.45) is 0 Å². The summed E-state index contributed by atoms with van der Waals surface area (Å²) in [6, 6.07) is 0. The number of hydrogen-bond acceptors (Lipinski definition) is 2. The van der Waals surface area contributed by atoms with Crippen LogP contribution >= 0.6 is 12.2 Å². The Balaban J connectivity index is 2.12. The quantitative estimate of drug-likeness (QED) is 0.641. The lowest BCUT2D eigenvalue weighted by molar-refractivity contribution is 0.113. The van der Waals surface area contributed by atoms with Crippen LogP contribution < -0.4 is 5.32 Å². The number of thiocarbonyl (C=S) groups is 1. The van der Waals surface area contributed by atoms with Crippen molar-refractivity contribution in [2.75, 3.05) is 27.2 Å². The maximum atomic E-state index is 5.44. The Hall–Kier alpha value is -0.350. The summed E-state index contributed by atoms with van der Waals surface area (Å²) in [5, 5.41) is 3.94. The molecule has 0 saturated carbocycles. The lowest BCUT2D eigenvalue weighted by Gasteiger charge is -2.17. The van der Waals surface area contributed by atoms with Crippen LogP contribution in [0.4, 0.5) is 0 Å². The van der Waals surface area contributed by atoms with E-state index in [1.165, 1.54) is 6.42 Å². The standard InChI is InChI=1S/C8H16N2OS/c1-10(2)8(12)9-6-7-4-3-5-11-7/h7H,3-6H2,1-2H3,(H,9,12). The Kier molecular flexibility index (Phi) is 3.75. The summed E-state index contributed by atoms with van der Waals surface area (Å²) in [4.78, 5) is 1.89. The molecule has 0 amide bonds. The molecule has 0 spiro atoms. The minimum Gasteiger partial charge on any atom is -0.376 e. The van der Waals surface area contributed by atoms with Gasteiger partial charge in [-0.15, -0.1) is 0 Å². The van der Waals surface area contributed by atoms with E-state index in [4.69, 9.17) is 17.0 Å². The van der Waals surface area contributed by atoms with Gasteiger partial charge in [0.25, 0.3) is 0 Å². The first-order valence-corrected chi connectivity index (χ1v) is 4.67. The van der Waals surface area contributed by atoms with Crippen LogP contribution in [0, 0.1) is 0 Å². The second-order valence-corrected chi connectivity index (χ2v) is 3.60. The minimum atomic E-state index is 0.364. The third-order valence-corrected chi connectivity index (χ3v) is 2.42. The highest BCUT2D eigenvalue weighted by Gasteiger charge is 2.15. The van der Waals surface area contributed by atoms with Gasteiger partial charge in [0, 0.05) is 27.2 Å². The smallest absolute Gasteiger partial charge is 0.168 e. The molecule has 70 valence electrons. The van der Waals surface area contributed by atoms with Crippen molar-refractivity contribution in [3.63, 3.8) is 0 Å². The average molecular weight is 188 g/mol. The lowest BCUT2D eigenvalue weighted by atomic mass is 10.2. The topological polar surface area (TPSA) is 24.5 Å². The van der Waals surface area contributed by atoms with Gasteiger partial charge in [0.15, 0.2) is 5.11 Å². The van der Waals surface area contributed by atoms with E-state index in [9.17, 15) is 0 Å². The Morgan fingerprint density at radius 2 is 2.42 bits per heavy atom. The summed E-state index contributed by atoms with van der Waals surface area (Å²) in [6.45, 7) is 1.75. The molecular formula is C8H16N2OS. The Labute approximate surface area is 79.1 Å². The monoisotopic (exact) mass is 188 g/mol. The molecule has 1 unspecified atom stereocenters. The van der Waals surface area contributed by atoms with Crippen molar-refractivity contribution in [1.29, 1.82) is 0 Å². The zero-order valence-corrected chi connectivity index (χ0v) is 8.49. The molecule has 1 fully saturated rings. The van der Waals surface area contributed by atoms with Gasteiger partial charge in [0.1, 0.15) is 0 Å². The molecule has 0 radical (unpaired) electrons. The van der Waals surface area contributed by atoms with Crippen LogP contribution in [0.25, 0.3) is 0 Å². The molecule has 3 nitrogen and oxygen atoms in total. The van der Waals surface area contributed by atoms with E-state index in [1.54, 1.807) is 0 Å². The van der Waals surface area contributed by atoms with Crippen LogP contribution in [0.3, 0.4) is 0 Å². The van der Waals surface area contributed by atoms with Gasteiger partial charge in [-0.3, -0.25) is 0 Å². The van der Waals surface area contributed by atoms with Gasteiger partial charge < -0.3 is 15.0 Å². The maximum Gasteiger partial charge on any atom is 0.168 e. The summed E-state index contributed by atoms with van der Waals surface area (Å²) in [6.07, 6.45) is 2.70. The van der Waals surface area contributed by atoms with Crippen LogP contribution in [-0.2, 0) is 4.74 Å². The first-order valence-electron chi connectivity index (χ1n) is 4.27. The van der Waals surface area contributed by atoms with Gasteiger partial charge in [-0.25, -0.2) is 0 Å². The molecule has 0 aromatic carbocycles. The van der Waals surface area contributed by atoms with Crippen molar-refractivity contribution in [3.05, 3.63) is 0 Å². The number of hydrogen-bond donors (Lipinski definition) is 1. The van der Waals surface area contributed by atoms with Crippen molar-refractivity contribution in [2.45, 2.75) is 18.9 Å². The summed E-state index contributed by atoms with van der Waals surface area (Å²) in [5.41, 5.74) is 0. The molecule has 1 atom stereocenters. The van der Waals surface area contributed by atoms with Gasteiger partial charge in [0.2, 0.25) is 0 Å². The minimum absolute atomic E-state index is 0.364. The van der Waals surface area contributed by atoms with Gasteiger partial charge in [0.05, 0.1) is 6.10 Å². The largest absolute Gasteiger partial charge is 0.376 e. The number of rotatable bonds is 2. The SMILES string of the molecule is CN(C)C(=S)NCC1CCCO1. The fraction of sp³-hybridized carbons (Fsp3) is 0.875. The van der Waals surface area contributed by atoms with E-state index < -0.39 is 0 Å². The second kappa shape index (κ2) is 4.62. The average Bonchev–Trinajstić information content (AvgIpc) is 2.51. The third kappa shape index (κ3) is 2.95. The molecule has 0 aliphatic carbocycles. The molecule has 1 saturated heterocycles. The summed E-state index contributed by atoms with van der Waals surface area (Å²) in [7, 11) is 3.87. The Morgan fingerprint density at radius 3 is 2.92 bits per heavy atom. The molecule has 1 aliphatic rings. The predicted octanol–water partition coefficient (Wildman–Crippen LogP) is 0.601. The van der Waals surface area contributed by atoms with E-state index in [1.807, 2.05) is 19.0 Å². The Bertz CT molecular complexity index is 155. The van der Waals surface area contributed by atoms with Gasteiger partial charge in [-0.2, -0.15) is 0 Å². The number of ether oxygens (including phenoxy) is 1. The van der Waals surface area contributed by atoms with Crippen LogP contribution in [0.5, 0.6) is 0 Å². The predicted molar refractivity (Wildman–Crippen MR) is 53.3 cm³/mol. The first kappa shape index (κ1) is 9.74. The summed E-state index contributed by atoms with van der Waals surface area (Å²) < 4.78 is 5.44. The molecule has 1 N–H and O–H groups in total. The molecule has 0 aromatic heterocycles. The summed E-state index contributed by atoms with van der Waals surface area (Å²) in [5.74, 6) is 0. The van der Waals surface area contributed by atoms with Crippen LogP contribution in [-0.4, -0.2) is 43.4 Å². The molecule has 1 aliphatic heterocycles. The van der Waals surface area contributed by atoms with Crippen LogP contribution in [0.15, 0.2) is 0 Å². The van der Waals surface area contributed by atoms with Crippen molar-refractivity contribution in [1.82, 2.24) is 10.2 Å². The summed E-state index contributed by atoms with van der Waals surface area (Å²) >= 11 is 5.07. The third-order valence-electron chi connectivity index (χ3n) is 1.91. The van der Waals surface area contributed by atoms with Gasteiger partial charge in [-0.1, -0.05) is 0 Å².